The van der Waals surface area contributed by atoms with Crippen LogP contribution >= 0.6 is 11.5 Å². The molecule has 0 aliphatic heterocycles. The Bertz CT molecular complexity index is 351. The van der Waals surface area contributed by atoms with Crippen molar-refractivity contribution in [1.29, 1.82) is 0 Å². The number of aryl methyl sites for hydroxylation is 1. The first-order valence-electron chi connectivity index (χ1n) is 3.70. The molecule has 1 aromatic heterocycles. The van der Waals surface area contributed by atoms with Gasteiger partial charge in [0.2, 0.25) is 0 Å². The van der Waals surface area contributed by atoms with Crippen molar-refractivity contribution in [1.82, 2.24) is 9.59 Å². The molecular formula is C9H8N2S. The maximum Gasteiger partial charge on any atom is 0.0753 e. The van der Waals surface area contributed by atoms with Crippen molar-refractivity contribution < 1.29 is 0 Å². The summed E-state index contributed by atoms with van der Waals surface area (Å²) >= 11 is 1.42. The van der Waals surface area contributed by atoms with Crippen LogP contribution in [-0.4, -0.2) is 9.59 Å². The molecule has 12 heavy (non-hydrogen) atoms. The van der Waals surface area contributed by atoms with Crippen LogP contribution in [0, 0.1) is 6.92 Å². The molecule has 3 heteroatoms. The Labute approximate surface area is 75.0 Å². The third-order valence-corrected chi connectivity index (χ3v) is 2.41. The van der Waals surface area contributed by atoms with E-state index in [2.05, 4.69) is 40.8 Å². The molecule has 0 unspecified atom stereocenters. The highest BCUT2D eigenvalue weighted by molar-refractivity contribution is 7.09. The first-order chi connectivity index (χ1) is 5.86. The lowest BCUT2D eigenvalue weighted by molar-refractivity contribution is 1.16. The topological polar surface area (TPSA) is 25.8 Å². The monoisotopic (exact) mass is 176 g/mol. The molecule has 2 nitrogen and oxygen atoms in total. The zero-order valence-electron chi connectivity index (χ0n) is 6.69. The van der Waals surface area contributed by atoms with Gasteiger partial charge in [-0.25, -0.2) is 0 Å². The van der Waals surface area contributed by atoms with Crippen molar-refractivity contribution in [2.24, 2.45) is 0 Å². The van der Waals surface area contributed by atoms with Gasteiger partial charge in [-0.3, -0.25) is 0 Å². The van der Waals surface area contributed by atoms with Crippen LogP contribution in [0.4, 0.5) is 0 Å². The van der Waals surface area contributed by atoms with Gasteiger partial charge in [0.05, 0.1) is 11.1 Å². The van der Waals surface area contributed by atoms with Crippen LogP contribution in [0.15, 0.2) is 30.5 Å². The Morgan fingerprint density at radius 3 is 2.50 bits per heavy atom. The minimum Gasteiger partial charge on any atom is -0.146 e. The fourth-order valence-electron chi connectivity index (χ4n) is 1.01. The van der Waals surface area contributed by atoms with E-state index in [1.165, 1.54) is 22.7 Å². The highest BCUT2D eigenvalue weighted by Gasteiger charge is 1.98. The standard InChI is InChI=1S/C9H8N2S/c1-7-2-4-8(5-3-7)9-6-10-11-12-9/h2-6H,1H3. The average Bonchev–Trinajstić information content (AvgIpc) is 2.58. The summed E-state index contributed by atoms with van der Waals surface area (Å²) in [5.41, 5.74) is 2.46. The van der Waals surface area contributed by atoms with Crippen LogP contribution < -0.4 is 0 Å². The SMILES string of the molecule is Cc1ccc(-c2cnns2)cc1. The van der Waals surface area contributed by atoms with Crippen molar-refractivity contribution >= 4 is 11.5 Å². The summed E-state index contributed by atoms with van der Waals surface area (Å²) in [4.78, 5) is 1.12. The van der Waals surface area contributed by atoms with Crippen LogP contribution in [0.2, 0.25) is 0 Å². The Morgan fingerprint density at radius 2 is 1.92 bits per heavy atom. The summed E-state index contributed by atoms with van der Waals surface area (Å²) in [7, 11) is 0. The Hall–Kier alpha value is -1.22. The molecule has 2 rings (SSSR count). The molecule has 0 fully saturated rings. The first-order valence-corrected chi connectivity index (χ1v) is 4.48. The van der Waals surface area contributed by atoms with Gasteiger partial charge in [0.1, 0.15) is 0 Å². The molecule has 2 aromatic rings. The van der Waals surface area contributed by atoms with Gasteiger partial charge in [0.15, 0.2) is 0 Å². The predicted molar refractivity (Wildman–Crippen MR) is 50.1 cm³/mol. The number of hydrogen-bond acceptors (Lipinski definition) is 3. The van der Waals surface area contributed by atoms with E-state index in [0.717, 1.165) is 4.88 Å². The highest BCUT2D eigenvalue weighted by atomic mass is 32.1. The van der Waals surface area contributed by atoms with Gasteiger partial charge >= 0.3 is 0 Å². The lowest BCUT2D eigenvalue weighted by atomic mass is 10.1. The lowest BCUT2D eigenvalue weighted by Gasteiger charge is -1.95. The molecule has 1 heterocycles. The number of aromatic nitrogens is 2. The number of benzene rings is 1. The summed E-state index contributed by atoms with van der Waals surface area (Å²) in [5, 5.41) is 3.79. The molecule has 0 amide bonds. The second kappa shape index (κ2) is 3.03. The summed E-state index contributed by atoms with van der Waals surface area (Å²) in [6.07, 6.45) is 1.79. The largest absolute Gasteiger partial charge is 0.146 e. The number of rotatable bonds is 1. The van der Waals surface area contributed by atoms with E-state index in [1.807, 2.05) is 0 Å². The molecule has 0 N–H and O–H groups in total. The molecule has 0 aliphatic carbocycles. The van der Waals surface area contributed by atoms with Crippen LogP contribution in [0.1, 0.15) is 5.56 Å². The Kier molecular flexibility index (Phi) is 1.87. The van der Waals surface area contributed by atoms with Crippen LogP contribution in [0.5, 0.6) is 0 Å². The molecule has 0 saturated carbocycles. The predicted octanol–water partition coefficient (Wildman–Crippen LogP) is 2.51. The minimum absolute atomic E-state index is 1.12. The number of nitrogens with zero attached hydrogens (tertiary/aromatic N) is 2. The molecule has 0 saturated heterocycles. The molecule has 0 aliphatic rings. The zero-order chi connectivity index (χ0) is 8.39. The van der Waals surface area contributed by atoms with E-state index in [9.17, 15) is 0 Å². The van der Waals surface area contributed by atoms with E-state index in [4.69, 9.17) is 0 Å². The zero-order valence-corrected chi connectivity index (χ0v) is 7.51. The normalized spacial score (nSPS) is 10.1. The van der Waals surface area contributed by atoms with E-state index >= 15 is 0 Å². The van der Waals surface area contributed by atoms with Crippen molar-refractivity contribution in [2.75, 3.05) is 0 Å². The molecule has 0 atom stereocenters. The van der Waals surface area contributed by atoms with Gasteiger partial charge in [0.25, 0.3) is 0 Å². The van der Waals surface area contributed by atoms with Gasteiger partial charge in [-0.2, -0.15) is 0 Å². The quantitative estimate of drug-likeness (QED) is 0.667. The van der Waals surface area contributed by atoms with Gasteiger partial charge in [0, 0.05) is 0 Å². The molecule has 0 radical (unpaired) electrons. The van der Waals surface area contributed by atoms with Crippen molar-refractivity contribution in [2.45, 2.75) is 6.92 Å². The second-order valence-corrected chi connectivity index (χ2v) is 3.43. The van der Waals surface area contributed by atoms with Gasteiger partial charge in [-0.1, -0.05) is 34.3 Å². The Morgan fingerprint density at radius 1 is 1.17 bits per heavy atom. The summed E-state index contributed by atoms with van der Waals surface area (Å²) in [6.45, 7) is 2.08. The summed E-state index contributed by atoms with van der Waals surface area (Å²) < 4.78 is 3.81. The van der Waals surface area contributed by atoms with Crippen LogP contribution in [0.25, 0.3) is 10.4 Å². The third kappa shape index (κ3) is 1.36. The smallest absolute Gasteiger partial charge is 0.0753 e. The molecule has 60 valence electrons. The molecular weight excluding hydrogens is 168 g/mol. The van der Waals surface area contributed by atoms with Crippen molar-refractivity contribution in [3.63, 3.8) is 0 Å². The van der Waals surface area contributed by atoms with Crippen LogP contribution in [-0.2, 0) is 0 Å². The summed E-state index contributed by atoms with van der Waals surface area (Å²) in [6, 6.07) is 8.36. The van der Waals surface area contributed by atoms with Gasteiger partial charge < -0.3 is 0 Å². The average molecular weight is 176 g/mol. The lowest BCUT2D eigenvalue weighted by Crippen LogP contribution is -1.73. The molecule has 0 spiro atoms. The first kappa shape index (κ1) is 7.43. The second-order valence-electron chi connectivity index (χ2n) is 2.65. The van der Waals surface area contributed by atoms with E-state index < -0.39 is 0 Å². The molecule has 1 aromatic carbocycles. The van der Waals surface area contributed by atoms with Crippen molar-refractivity contribution in [3.8, 4) is 10.4 Å². The number of hydrogen-bond donors (Lipinski definition) is 0. The van der Waals surface area contributed by atoms with E-state index in [1.54, 1.807) is 6.20 Å². The fourth-order valence-corrected chi connectivity index (χ4v) is 1.53. The van der Waals surface area contributed by atoms with E-state index in [0.29, 0.717) is 0 Å². The maximum absolute atomic E-state index is 3.81. The van der Waals surface area contributed by atoms with Crippen molar-refractivity contribution in [3.05, 3.63) is 36.0 Å². The fraction of sp³-hybridized carbons (Fsp3) is 0.111. The van der Waals surface area contributed by atoms with Crippen LogP contribution in [0.3, 0.4) is 0 Å². The maximum atomic E-state index is 3.81. The minimum atomic E-state index is 1.12. The highest BCUT2D eigenvalue weighted by Crippen LogP contribution is 2.21. The molecule has 0 bridgehead atoms. The third-order valence-electron chi connectivity index (χ3n) is 1.70. The summed E-state index contributed by atoms with van der Waals surface area (Å²) in [5.74, 6) is 0. The van der Waals surface area contributed by atoms with Gasteiger partial charge in [-0.15, -0.1) is 5.10 Å². The Balaban J connectivity index is 2.43. The van der Waals surface area contributed by atoms with Gasteiger partial charge in [-0.05, 0) is 24.0 Å². The van der Waals surface area contributed by atoms with E-state index in [-0.39, 0.29) is 0 Å².